The quantitative estimate of drug-likeness (QED) is 0.385. The summed E-state index contributed by atoms with van der Waals surface area (Å²) in [6.07, 6.45) is 0. The van der Waals surface area contributed by atoms with Crippen LogP contribution in [-0.4, -0.2) is 11.0 Å². The van der Waals surface area contributed by atoms with Crippen molar-refractivity contribution in [1.82, 2.24) is 0 Å². The van der Waals surface area contributed by atoms with E-state index in [-0.39, 0.29) is 5.84 Å². The summed E-state index contributed by atoms with van der Waals surface area (Å²) in [5.41, 5.74) is 7.63. The molecule has 0 aromatic heterocycles. The van der Waals surface area contributed by atoms with Gasteiger partial charge in [-0.15, -0.1) is 0 Å². The van der Waals surface area contributed by atoms with Crippen LogP contribution in [0.1, 0.15) is 11.1 Å². The van der Waals surface area contributed by atoms with Crippen molar-refractivity contribution in [1.29, 1.82) is 0 Å². The lowest BCUT2D eigenvalue weighted by atomic mass is 10.2. The van der Waals surface area contributed by atoms with Crippen LogP contribution in [0.25, 0.3) is 0 Å². The van der Waals surface area contributed by atoms with Crippen molar-refractivity contribution < 1.29 is 5.21 Å². The molecule has 3 N–H and O–H groups in total. The normalized spacial score (nSPS) is 11.6. The predicted molar refractivity (Wildman–Crippen MR) is 82.0 cm³/mol. The van der Waals surface area contributed by atoms with Gasteiger partial charge in [-0.1, -0.05) is 51.0 Å². The second-order valence-electron chi connectivity index (χ2n) is 3.99. The predicted octanol–water partition coefficient (Wildman–Crippen LogP) is 4.00. The van der Waals surface area contributed by atoms with Crippen molar-refractivity contribution in [3.05, 3.63) is 58.1 Å². The number of halogens is 1. The van der Waals surface area contributed by atoms with Crippen LogP contribution in [0, 0.1) is 6.92 Å². The van der Waals surface area contributed by atoms with Gasteiger partial charge in [0.25, 0.3) is 0 Å². The maximum absolute atomic E-state index is 8.86. The van der Waals surface area contributed by atoms with Crippen LogP contribution in [0.3, 0.4) is 0 Å². The first-order valence-corrected chi connectivity index (χ1v) is 7.23. The average Bonchev–Trinajstić information content (AvgIpc) is 2.42. The molecular weight excluding hydrogens is 324 g/mol. The lowest BCUT2D eigenvalue weighted by Crippen LogP contribution is -2.14. The zero-order chi connectivity index (χ0) is 13.8. The molecule has 0 saturated carbocycles. The number of aryl methyl sites for hydroxylation is 1. The summed E-state index contributed by atoms with van der Waals surface area (Å²) >= 11 is 4.99. The van der Waals surface area contributed by atoms with E-state index in [0.717, 1.165) is 14.3 Å². The van der Waals surface area contributed by atoms with E-state index < -0.39 is 0 Å². The second-order valence-corrected chi connectivity index (χ2v) is 5.99. The van der Waals surface area contributed by atoms with Gasteiger partial charge < -0.3 is 10.9 Å². The van der Waals surface area contributed by atoms with Gasteiger partial charge in [0.15, 0.2) is 5.84 Å². The van der Waals surface area contributed by atoms with Gasteiger partial charge in [-0.25, -0.2) is 0 Å². The first-order chi connectivity index (χ1) is 9.11. The molecule has 0 atom stereocenters. The highest BCUT2D eigenvalue weighted by Crippen LogP contribution is 2.33. The Labute approximate surface area is 124 Å². The molecular formula is C14H13BrN2OS. The Kier molecular flexibility index (Phi) is 4.50. The summed E-state index contributed by atoms with van der Waals surface area (Å²) in [6.45, 7) is 2.06. The first kappa shape index (κ1) is 14.0. The number of hydrogen-bond acceptors (Lipinski definition) is 3. The summed E-state index contributed by atoms with van der Waals surface area (Å²) in [5, 5.41) is 11.9. The first-order valence-electron chi connectivity index (χ1n) is 5.62. The van der Waals surface area contributed by atoms with Crippen molar-refractivity contribution in [3.8, 4) is 0 Å². The van der Waals surface area contributed by atoms with E-state index in [1.807, 2.05) is 30.3 Å². The molecule has 0 heterocycles. The van der Waals surface area contributed by atoms with E-state index >= 15 is 0 Å². The number of nitrogens with zero attached hydrogens (tertiary/aromatic N) is 1. The fraction of sp³-hybridized carbons (Fsp3) is 0.0714. The van der Waals surface area contributed by atoms with Crippen LogP contribution < -0.4 is 5.73 Å². The second kappa shape index (κ2) is 6.12. The topological polar surface area (TPSA) is 58.6 Å². The van der Waals surface area contributed by atoms with Gasteiger partial charge in [0, 0.05) is 19.8 Å². The molecule has 0 aliphatic carbocycles. The highest BCUT2D eigenvalue weighted by atomic mass is 79.9. The third kappa shape index (κ3) is 3.30. The average molecular weight is 337 g/mol. The Morgan fingerprint density at radius 3 is 2.63 bits per heavy atom. The van der Waals surface area contributed by atoms with E-state index in [9.17, 15) is 0 Å². The van der Waals surface area contributed by atoms with E-state index in [1.165, 1.54) is 5.56 Å². The number of hydrogen-bond donors (Lipinski definition) is 2. The zero-order valence-electron chi connectivity index (χ0n) is 10.3. The third-order valence-corrected chi connectivity index (χ3v) is 4.39. The van der Waals surface area contributed by atoms with Gasteiger partial charge in [0.05, 0.1) is 0 Å². The van der Waals surface area contributed by atoms with Crippen molar-refractivity contribution >= 4 is 33.5 Å². The lowest BCUT2D eigenvalue weighted by molar-refractivity contribution is 0.318. The standard InChI is InChI=1S/C14H13BrN2OS/c1-9-4-2-3-5-12(9)19-13-7-6-10(15)8-11(13)14(16)17-18/h2-8,18H,1H3,(H2,16,17). The fourth-order valence-electron chi connectivity index (χ4n) is 1.63. The summed E-state index contributed by atoms with van der Waals surface area (Å²) in [7, 11) is 0. The Balaban J connectivity index is 2.43. The van der Waals surface area contributed by atoms with Gasteiger partial charge in [0.1, 0.15) is 0 Å². The largest absolute Gasteiger partial charge is 0.409 e. The highest BCUT2D eigenvalue weighted by Gasteiger charge is 2.10. The zero-order valence-corrected chi connectivity index (χ0v) is 12.7. The maximum Gasteiger partial charge on any atom is 0.171 e. The van der Waals surface area contributed by atoms with E-state index in [4.69, 9.17) is 10.9 Å². The molecule has 0 spiro atoms. The monoisotopic (exact) mass is 336 g/mol. The van der Waals surface area contributed by atoms with Crippen LogP contribution in [0.5, 0.6) is 0 Å². The Hall–Kier alpha value is -1.46. The van der Waals surface area contributed by atoms with Crippen molar-refractivity contribution in [3.63, 3.8) is 0 Å². The number of nitrogens with two attached hydrogens (primary N) is 1. The highest BCUT2D eigenvalue weighted by molar-refractivity contribution is 9.10. The molecule has 0 aliphatic heterocycles. The molecule has 3 nitrogen and oxygen atoms in total. The minimum Gasteiger partial charge on any atom is -0.409 e. The van der Waals surface area contributed by atoms with Gasteiger partial charge in [-0.2, -0.15) is 0 Å². The Bertz CT molecular complexity index is 629. The molecule has 0 unspecified atom stereocenters. The molecule has 5 heteroatoms. The van der Waals surface area contributed by atoms with Crippen LogP contribution in [-0.2, 0) is 0 Å². The molecule has 0 saturated heterocycles. The van der Waals surface area contributed by atoms with E-state index in [2.05, 4.69) is 40.1 Å². The van der Waals surface area contributed by atoms with Gasteiger partial charge in [0.2, 0.25) is 0 Å². The molecule has 19 heavy (non-hydrogen) atoms. The van der Waals surface area contributed by atoms with Gasteiger partial charge >= 0.3 is 0 Å². The van der Waals surface area contributed by atoms with Crippen molar-refractivity contribution in [2.24, 2.45) is 10.9 Å². The molecule has 0 radical (unpaired) electrons. The fourth-order valence-corrected chi connectivity index (χ4v) is 3.02. The summed E-state index contributed by atoms with van der Waals surface area (Å²) in [4.78, 5) is 2.10. The van der Waals surface area contributed by atoms with Crippen LogP contribution in [0.15, 0.2) is 61.9 Å². The molecule has 0 amide bonds. The molecule has 0 fully saturated rings. The molecule has 2 aromatic carbocycles. The Morgan fingerprint density at radius 2 is 1.95 bits per heavy atom. The van der Waals surface area contributed by atoms with Crippen LogP contribution >= 0.6 is 27.7 Å². The molecule has 2 rings (SSSR count). The van der Waals surface area contributed by atoms with Gasteiger partial charge in [-0.05, 0) is 36.8 Å². The number of amidine groups is 1. The number of oxime groups is 1. The van der Waals surface area contributed by atoms with E-state index in [0.29, 0.717) is 5.56 Å². The molecule has 2 aromatic rings. The van der Waals surface area contributed by atoms with Gasteiger partial charge in [-0.3, -0.25) is 0 Å². The SMILES string of the molecule is Cc1ccccc1Sc1ccc(Br)cc1/C(N)=N/O. The van der Waals surface area contributed by atoms with Crippen LogP contribution in [0.2, 0.25) is 0 Å². The lowest BCUT2D eigenvalue weighted by Gasteiger charge is -2.10. The minimum atomic E-state index is 0.109. The minimum absolute atomic E-state index is 0.109. The Morgan fingerprint density at radius 1 is 1.21 bits per heavy atom. The van der Waals surface area contributed by atoms with Crippen molar-refractivity contribution in [2.45, 2.75) is 16.7 Å². The number of rotatable bonds is 3. The molecule has 0 aliphatic rings. The van der Waals surface area contributed by atoms with Crippen molar-refractivity contribution in [2.75, 3.05) is 0 Å². The summed E-state index contributed by atoms with van der Waals surface area (Å²) in [5.74, 6) is 0.109. The molecule has 98 valence electrons. The maximum atomic E-state index is 8.86. The van der Waals surface area contributed by atoms with Crippen LogP contribution in [0.4, 0.5) is 0 Å². The summed E-state index contributed by atoms with van der Waals surface area (Å²) < 4.78 is 0.892. The summed E-state index contributed by atoms with van der Waals surface area (Å²) in [6, 6.07) is 13.9. The third-order valence-electron chi connectivity index (χ3n) is 2.64. The smallest absolute Gasteiger partial charge is 0.171 e. The molecule has 0 bridgehead atoms. The number of benzene rings is 2. The van der Waals surface area contributed by atoms with E-state index in [1.54, 1.807) is 11.8 Å².